The van der Waals surface area contributed by atoms with Crippen LogP contribution in [-0.2, 0) is 4.79 Å². The molecular formula is C19H18ClFN2O4. The number of benzene rings is 1. The summed E-state index contributed by atoms with van der Waals surface area (Å²) in [6.45, 7) is 2.07. The Hall–Kier alpha value is -2.41. The highest BCUT2D eigenvalue weighted by Crippen LogP contribution is 2.49. The molecule has 1 aliphatic carbocycles. The SMILES string of the molecule is Cc1onc(-c2c(F)cccc2Cl)c1C(=O)N1C[C@@H]2CCC[C@@]2(C(=O)O)C1. The molecule has 142 valence electrons. The molecule has 2 aromatic rings. The van der Waals surface area contributed by atoms with Crippen molar-refractivity contribution in [1.29, 1.82) is 0 Å². The summed E-state index contributed by atoms with van der Waals surface area (Å²) in [5.41, 5.74) is -0.715. The molecule has 1 amide bonds. The Morgan fingerprint density at radius 1 is 1.44 bits per heavy atom. The second kappa shape index (κ2) is 6.34. The minimum absolute atomic E-state index is 0.00621. The van der Waals surface area contributed by atoms with E-state index in [1.54, 1.807) is 6.92 Å². The van der Waals surface area contributed by atoms with Gasteiger partial charge in [0.25, 0.3) is 5.91 Å². The third kappa shape index (κ3) is 2.64. The molecule has 6 nitrogen and oxygen atoms in total. The van der Waals surface area contributed by atoms with Gasteiger partial charge in [-0.2, -0.15) is 0 Å². The highest BCUT2D eigenvalue weighted by atomic mass is 35.5. The Morgan fingerprint density at radius 2 is 2.22 bits per heavy atom. The van der Waals surface area contributed by atoms with Crippen LogP contribution in [0.25, 0.3) is 11.3 Å². The quantitative estimate of drug-likeness (QED) is 0.859. The van der Waals surface area contributed by atoms with Gasteiger partial charge in [-0.15, -0.1) is 0 Å². The van der Waals surface area contributed by atoms with E-state index in [0.717, 1.165) is 12.8 Å². The van der Waals surface area contributed by atoms with Crippen LogP contribution in [0.1, 0.15) is 35.4 Å². The van der Waals surface area contributed by atoms with Gasteiger partial charge in [0.2, 0.25) is 0 Å². The van der Waals surface area contributed by atoms with Gasteiger partial charge < -0.3 is 14.5 Å². The van der Waals surface area contributed by atoms with Crippen LogP contribution in [0.3, 0.4) is 0 Å². The molecule has 4 rings (SSSR count). The molecule has 2 fully saturated rings. The largest absolute Gasteiger partial charge is 0.481 e. The summed E-state index contributed by atoms with van der Waals surface area (Å²) in [5.74, 6) is -1.70. The third-order valence-electron chi connectivity index (χ3n) is 5.86. The predicted molar refractivity (Wildman–Crippen MR) is 95.0 cm³/mol. The van der Waals surface area contributed by atoms with Crippen molar-refractivity contribution >= 4 is 23.5 Å². The zero-order valence-electron chi connectivity index (χ0n) is 14.7. The third-order valence-corrected chi connectivity index (χ3v) is 6.18. The summed E-state index contributed by atoms with van der Waals surface area (Å²) in [5, 5.41) is 13.7. The maximum absolute atomic E-state index is 14.4. The number of aryl methyl sites for hydroxylation is 1. The maximum Gasteiger partial charge on any atom is 0.311 e. The van der Waals surface area contributed by atoms with Gasteiger partial charge >= 0.3 is 5.97 Å². The van der Waals surface area contributed by atoms with Crippen LogP contribution < -0.4 is 0 Å². The minimum Gasteiger partial charge on any atom is -0.481 e. The summed E-state index contributed by atoms with van der Waals surface area (Å²) < 4.78 is 19.5. The van der Waals surface area contributed by atoms with Gasteiger partial charge in [0.05, 0.1) is 16.0 Å². The number of carbonyl (C=O) groups excluding carboxylic acids is 1. The first-order chi connectivity index (χ1) is 12.8. The topological polar surface area (TPSA) is 83.6 Å². The molecule has 1 saturated carbocycles. The number of hydrogen-bond acceptors (Lipinski definition) is 4. The number of carboxylic acid groups (broad SMARTS) is 1. The van der Waals surface area contributed by atoms with Crippen LogP contribution in [0.5, 0.6) is 0 Å². The molecule has 1 saturated heterocycles. The van der Waals surface area contributed by atoms with Crippen LogP contribution in [0.15, 0.2) is 22.7 Å². The lowest BCUT2D eigenvalue weighted by Gasteiger charge is -2.23. The zero-order chi connectivity index (χ0) is 19.3. The number of halogens is 2. The van der Waals surface area contributed by atoms with E-state index >= 15 is 0 Å². The number of nitrogens with zero attached hydrogens (tertiary/aromatic N) is 2. The van der Waals surface area contributed by atoms with E-state index in [9.17, 15) is 19.1 Å². The van der Waals surface area contributed by atoms with E-state index in [4.69, 9.17) is 16.1 Å². The van der Waals surface area contributed by atoms with Crippen LogP contribution in [0, 0.1) is 24.1 Å². The monoisotopic (exact) mass is 392 g/mol. The van der Waals surface area contributed by atoms with Crippen LogP contribution >= 0.6 is 11.6 Å². The normalized spacial score (nSPS) is 24.3. The van der Waals surface area contributed by atoms with Crippen molar-refractivity contribution in [2.45, 2.75) is 26.2 Å². The molecule has 2 aliphatic rings. The van der Waals surface area contributed by atoms with Crippen molar-refractivity contribution in [2.75, 3.05) is 13.1 Å². The van der Waals surface area contributed by atoms with Crippen LogP contribution in [0.4, 0.5) is 4.39 Å². The number of likely N-dealkylation sites (tertiary alicyclic amines) is 1. The first-order valence-corrected chi connectivity index (χ1v) is 9.16. The average Bonchev–Trinajstić information content (AvgIpc) is 3.27. The van der Waals surface area contributed by atoms with Gasteiger partial charge in [-0.1, -0.05) is 29.2 Å². The molecule has 0 bridgehead atoms. The average molecular weight is 393 g/mol. The summed E-state index contributed by atoms with van der Waals surface area (Å²) in [4.78, 5) is 26.6. The molecule has 1 aromatic heterocycles. The molecule has 1 aromatic carbocycles. The van der Waals surface area contributed by atoms with Gasteiger partial charge in [-0.05, 0) is 37.8 Å². The van der Waals surface area contributed by atoms with Gasteiger partial charge in [0.1, 0.15) is 22.8 Å². The number of amides is 1. The molecule has 2 atom stereocenters. The fourth-order valence-corrected chi connectivity index (χ4v) is 4.72. The number of fused-ring (bicyclic) bond motifs is 1. The molecule has 1 N–H and O–H groups in total. The highest BCUT2D eigenvalue weighted by Gasteiger charge is 2.56. The molecule has 2 heterocycles. The van der Waals surface area contributed by atoms with Crippen molar-refractivity contribution in [2.24, 2.45) is 11.3 Å². The zero-order valence-corrected chi connectivity index (χ0v) is 15.4. The Morgan fingerprint density at radius 3 is 2.89 bits per heavy atom. The molecular weight excluding hydrogens is 375 g/mol. The van der Waals surface area contributed by atoms with Gasteiger partial charge in [0.15, 0.2) is 0 Å². The number of aromatic nitrogens is 1. The lowest BCUT2D eigenvalue weighted by molar-refractivity contribution is -0.149. The van der Waals surface area contributed by atoms with Gasteiger partial charge in [0, 0.05) is 13.1 Å². The summed E-state index contributed by atoms with van der Waals surface area (Å²) in [6, 6.07) is 4.21. The Labute approximate surface area is 159 Å². The Kier molecular flexibility index (Phi) is 4.22. The van der Waals surface area contributed by atoms with Crippen molar-refractivity contribution < 1.29 is 23.6 Å². The second-order valence-corrected chi connectivity index (χ2v) is 7.70. The van der Waals surface area contributed by atoms with Crippen molar-refractivity contribution in [3.63, 3.8) is 0 Å². The maximum atomic E-state index is 14.4. The van der Waals surface area contributed by atoms with E-state index in [2.05, 4.69) is 5.16 Å². The minimum atomic E-state index is -0.892. The summed E-state index contributed by atoms with van der Waals surface area (Å²) in [6.07, 6.45) is 2.19. The van der Waals surface area contributed by atoms with E-state index in [1.807, 2.05) is 0 Å². The van der Waals surface area contributed by atoms with Gasteiger partial charge in [-0.25, -0.2) is 4.39 Å². The van der Waals surface area contributed by atoms with Crippen LogP contribution in [0.2, 0.25) is 5.02 Å². The van der Waals surface area contributed by atoms with Gasteiger partial charge in [-0.3, -0.25) is 9.59 Å². The van der Waals surface area contributed by atoms with Crippen LogP contribution in [-0.4, -0.2) is 40.1 Å². The number of rotatable bonds is 3. The lowest BCUT2D eigenvalue weighted by Crippen LogP contribution is -2.37. The fraction of sp³-hybridized carbons (Fsp3) is 0.421. The number of aliphatic carboxylic acids is 1. The lowest BCUT2D eigenvalue weighted by atomic mass is 9.81. The molecule has 27 heavy (non-hydrogen) atoms. The number of hydrogen-bond donors (Lipinski definition) is 1. The number of carboxylic acids is 1. The highest BCUT2D eigenvalue weighted by molar-refractivity contribution is 6.33. The van der Waals surface area contributed by atoms with E-state index < -0.39 is 23.1 Å². The fourth-order valence-electron chi connectivity index (χ4n) is 4.47. The summed E-state index contributed by atoms with van der Waals surface area (Å²) in [7, 11) is 0. The molecule has 0 spiro atoms. The molecule has 8 heteroatoms. The Balaban J connectivity index is 1.73. The van der Waals surface area contributed by atoms with Crippen molar-refractivity contribution in [3.05, 3.63) is 40.4 Å². The number of carbonyl (C=O) groups is 2. The van der Waals surface area contributed by atoms with E-state index in [1.165, 1.54) is 23.1 Å². The predicted octanol–water partition coefficient (Wildman–Crippen LogP) is 3.77. The first kappa shape index (κ1) is 18.0. The molecule has 0 radical (unpaired) electrons. The smallest absolute Gasteiger partial charge is 0.311 e. The van der Waals surface area contributed by atoms with Crippen molar-refractivity contribution in [1.82, 2.24) is 10.1 Å². The summed E-state index contributed by atoms with van der Waals surface area (Å²) >= 11 is 6.13. The van der Waals surface area contributed by atoms with E-state index in [0.29, 0.717) is 13.0 Å². The molecule has 1 aliphatic heterocycles. The van der Waals surface area contributed by atoms with E-state index in [-0.39, 0.29) is 40.1 Å². The standard InChI is InChI=1S/C19H18ClFN2O4/c1-10-14(16(22-27-10)15-12(20)5-2-6-13(15)21)17(24)23-8-11-4-3-7-19(11,9-23)18(25)26/h2,5-6,11H,3-4,7-9H2,1H3,(H,25,26)/t11-,19+/m0/s1. The second-order valence-electron chi connectivity index (χ2n) is 7.30. The van der Waals surface area contributed by atoms with Crippen molar-refractivity contribution in [3.8, 4) is 11.3 Å². The Bertz CT molecular complexity index is 924. The first-order valence-electron chi connectivity index (χ1n) is 8.78. The molecule has 0 unspecified atom stereocenters.